The van der Waals surface area contributed by atoms with Crippen LogP contribution in [0.1, 0.15) is 56.3 Å². The maximum absolute atomic E-state index is 12.5. The van der Waals surface area contributed by atoms with Crippen LogP contribution >= 0.6 is 0 Å². The van der Waals surface area contributed by atoms with Gasteiger partial charge >= 0.3 is 0 Å². The summed E-state index contributed by atoms with van der Waals surface area (Å²) < 4.78 is 11.5. The first-order valence-electron chi connectivity index (χ1n) is 8.89. The van der Waals surface area contributed by atoms with E-state index in [1.165, 1.54) is 19.3 Å². The molecule has 0 saturated carbocycles. The molecule has 0 N–H and O–H groups in total. The number of benzene rings is 1. The Morgan fingerprint density at radius 3 is 2.30 bits per heavy atom. The van der Waals surface area contributed by atoms with Gasteiger partial charge in [-0.2, -0.15) is 0 Å². The van der Waals surface area contributed by atoms with E-state index in [0.717, 1.165) is 31.7 Å². The summed E-state index contributed by atoms with van der Waals surface area (Å²) in [6.07, 6.45) is 5.55. The molecule has 1 heterocycles. The fourth-order valence-corrected chi connectivity index (χ4v) is 2.75. The zero-order valence-corrected chi connectivity index (χ0v) is 14.5. The molecule has 0 unspecified atom stereocenters. The van der Waals surface area contributed by atoms with E-state index in [4.69, 9.17) is 9.47 Å². The molecule has 4 nitrogen and oxygen atoms in total. The molecule has 0 amide bonds. The molecule has 1 aliphatic heterocycles. The van der Waals surface area contributed by atoms with E-state index in [1.807, 2.05) is 18.2 Å². The molecule has 128 valence electrons. The molecule has 1 aromatic rings. The highest BCUT2D eigenvalue weighted by molar-refractivity contribution is 5.98. The van der Waals surface area contributed by atoms with Gasteiger partial charge in [0.05, 0.1) is 19.8 Å². The van der Waals surface area contributed by atoms with Crippen molar-refractivity contribution in [1.82, 2.24) is 4.90 Å². The van der Waals surface area contributed by atoms with Crippen LogP contribution in [0.15, 0.2) is 18.2 Å². The molecule has 0 aromatic heterocycles. The number of rotatable bonds is 9. The van der Waals surface area contributed by atoms with Crippen LogP contribution in [0.2, 0.25) is 0 Å². The smallest absolute Gasteiger partial charge is 0.176 e. The summed E-state index contributed by atoms with van der Waals surface area (Å²) >= 11 is 0. The zero-order valence-electron chi connectivity index (χ0n) is 14.5. The van der Waals surface area contributed by atoms with Gasteiger partial charge in [-0.05, 0) is 57.0 Å². The molecule has 0 atom stereocenters. The van der Waals surface area contributed by atoms with Crippen molar-refractivity contribution in [3.63, 3.8) is 0 Å². The Morgan fingerprint density at radius 2 is 1.65 bits per heavy atom. The van der Waals surface area contributed by atoms with Crippen LogP contribution in [-0.2, 0) is 0 Å². The number of carbonyl (C=O) groups excluding carboxylic acids is 1. The minimum Gasteiger partial charge on any atom is -0.490 e. The van der Waals surface area contributed by atoms with E-state index in [-0.39, 0.29) is 5.78 Å². The number of likely N-dealkylation sites (tertiary alicyclic amines) is 1. The van der Waals surface area contributed by atoms with Gasteiger partial charge in [0, 0.05) is 5.56 Å². The summed E-state index contributed by atoms with van der Waals surface area (Å²) in [5.41, 5.74) is 0.713. The average Bonchev–Trinajstić information content (AvgIpc) is 2.59. The first-order chi connectivity index (χ1) is 11.2. The Hall–Kier alpha value is -1.55. The lowest BCUT2D eigenvalue weighted by Crippen LogP contribution is -2.34. The standard InChI is InChI=1S/C19H29NO3/c1-3-12-22-18-9-8-16(14-19(18)23-13-4-2)17(21)15-20-10-6-5-7-11-20/h8-9,14H,3-7,10-13,15H2,1-2H3. The van der Waals surface area contributed by atoms with Crippen molar-refractivity contribution in [1.29, 1.82) is 0 Å². The molecule has 2 rings (SSSR count). The molecule has 1 fully saturated rings. The summed E-state index contributed by atoms with van der Waals surface area (Å²) in [5, 5.41) is 0. The summed E-state index contributed by atoms with van der Waals surface area (Å²) in [5.74, 6) is 1.58. The van der Waals surface area contributed by atoms with Crippen molar-refractivity contribution in [3.05, 3.63) is 23.8 Å². The van der Waals surface area contributed by atoms with E-state index in [9.17, 15) is 4.79 Å². The third-order valence-electron chi connectivity index (χ3n) is 4.00. The molecule has 0 aliphatic carbocycles. The Morgan fingerprint density at radius 1 is 1.00 bits per heavy atom. The van der Waals surface area contributed by atoms with Gasteiger partial charge in [-0.1, -0.05) is 20.3 Å². The largest absolute Gasteiger partial charge is 0.490 e. The molecule has 1 aliphatic rings. The van der Waals surface area contributed by atoms with Gasteiger partial charge in [-0.3, -0.25) is 9.69 Å². The summed E-state index contributed by atoms with van der Waals surface area (Å²) in [6, 6.07) is 5.56. The van der Waals surface area contributed by atoms with Gasteiger partial charge in [-0.15, -0.1) is 0 Å². The monoisotopic (exact) mass is 319 g/mol. The zero-order chi connectivity index (χ0) is 16.5. The second-order valence-corrected chi connectivity index (χ2v) is 6.12. The van der Waals surface area contributed by atoms with E-state index in [0.29, 0.717) is 31.1 Å². The predicted octanol–water partition coefficient (Wildman–Crippen LogP) is 3.93. The van der Waals surface area contributed by atoms with Crippen molar-refractivity contribution in [2.45, 2.75) is 46.0 Å². The second-order valence-electron chi connectivity index (χ2n) is 6.12. The van der Waals surface area contributed by atoms with Crippen molar-refractivity contribution < 1.29 is 14.3 Å². The normalized spacial score (nSPS) is 15.4. The highest BCUT2D eigenvalue weighted by atomic mass is 16.5. The quantitative estimate of drug-likeness (QED) is 0.646. The molecule has 0 bridgehead atoms. The Labute approximate surface area is 139 Å². The Balaban J connectivity index is 2.06. The first kappa shape index (κ1) is 17.8. The predicted molar refractivity (Wildman–Crippen MR) is 92.6 cm³/mol. The lowest BCUT2D eigenvalue weighted by atomic mass is 10.1. The molecular formula is C19H29NO3. The van der Waals surface area contributed by atoms with Crippen molar-refractivity contribution in [2.24, 2.45) is 0 Å². The van der Waals surface area contributed by atoms with Crippen LogP contribution in [0.4, 0.5) is 0 Å². The molecule has 1 saturated heterocycles. The van der Waals surface area contributed by atoms with E-state index in [1.54, 1.807) is 0 Å². The van der Waals surface area contributed by atoms with Gasteiger partial charge in [0.25, 0.3) is 0 Å². The third kappa shape index (κ3) is 5.54. The second kappa shape index (κ2) is 9.56. The van der Waals surface area contributed by atoms with Gasteiger partial charge in [0.1, 0.15) is 0 Å². The number of nitrogens with zero attached hydrogens (tertiary/aromatic N) is 1. The number of hydrogen-bond donors (Lipinski definition) is 0. The number of piperidine rings is 1. The van der Waals surface area contributed by atoms with Crippen LogP contribution < -0.4 is 9.47 Å². The van der Waals surface area contributed by atoms with Crippen LogP contribution in [0.3, 0.4) is 0 Å². The number of Topliss-reactive ketones (excluding diaryl/α,β-unsaturated/α-hetero) is 1. The average molecular weight is 319 g/mol. The number of hydrogen-bond acceptors (Lipinski definition) is 4. The Bertz CT molecular complexity index is 495. The van der Waals surface area contributed by atoms with Crippen LogP contribution in [-0.4, -0.2) is 43.5 Å². The van der Waals surface area contributed by atoms with E-state index in [2.05, 4.69) is 18.7 Å². The van der Waals surface area contributed by atoms with Gasteiger partial charge in [-0.25, -0.2) is 0 Å². The van der Waals surface area contributed by atoms with Gasteiger partial charge < -0.3 is 9.47 Å². The third-order valence-corrected chi connectivity index (χ3v) is 4.00. The molecule has 4 heteroatoms. The minimum atomic E-state index is 0.162. The van der Waals surface area contributed by atoms with Crippen molar-refractivity contribution in [3.8, 4) is 11.5 Å². The van der Waals surface area contributed by atoms with Crippen molar-refractivity contribution >= 4 is 5.78 Å². The molecule has 23 heavy (non-hydrogen) atoms. The summed E-state index contributed by atoms with van der Waals surface area (Å²) in [7, 11) is 0. The first-order valence-corrected chi connectivity index (χ1v) is 8.89. The lowest BCUT2D eigenvalue weighted by molar-refractivity contribution is 0.0915. The van der Waals surface area contributed by atoms with Gasteiger partial charge in [0.15, 0.2) is 17.3 Å². The van der Waals surface area contributed by atoms with E-state index >= 15 is 0 Å². The van der Waals surface area contributed by atoms with Crippen LogP contribution in [0.25, 0.3) is 0 Å². The van der Waals surface area contributed by atoms with Crippen molar-refractivity contribution in [2.75, 3.05) is 32.8 Å². The number of ether oxygens (including phenoxy) is 2. The lowest BCUT2D eigenvalue weighted by Gasteiger charge is -2.25. The highest BCUT2D eigenvalue weighted by Crippen LogP contribution is 2.29. The van der Waals surface area contributed by atoms with Crippen LogP contribution in [0, 0.1) is 0 Å². The summed E-state index contributed by atoms with van der Waals surface area (Å²) in [6.45, 7) is 7.99. The molecule has 1 aromatic carbocycles. The molecule has 0 spiro atoms. The van der Waals surface area contributed by atoms with E-state index < -0.39 is 0 Å². The molecule has 0 radical (unpaired) electrons. The number of carbonyl (C=O) groups is 1. The fraction of sp³-hybridized carbons (Fsp3) is 0.632. The topological polar surface area (TPSA) is 38.8 Å². The highest BCUT2D eigenvalue weighted by Gasteiger charge is 2.17. The van der Waals surface area contributed by atoms with Gasteiger partial charge in [0.2, 0.25) is 0 Å². The SMILES string of the molecule is CCCOc1ccc(C(=O)CN2CCCCC2)cc1OCCC. The Kier molecular flexibility index (Phi) is 7.40. The molecular weight excluding hydrogens is 290 g/mol. The van der Waals surface area contributed by atoms with Crippen LogP contribution in [0.5, 0.6) is 11.5 Å². The maximum Gasteiger partial charge on any atom is 0.176 e. The maximum atomic E-state index is 12.5. The number of ketones is 1. The summed E-state index contributed by atoms with van der Waals surface area (Å²) in [4.78, 5) is 14.8. The fourth-order valence-electron chi connectivity index (χ4n) is 2.75. The minimum absolute atomic E-state index is 0.162.